The van der Waals surface area contributed by atoms with Gasteiger partial charge in [-0.3, -0.25) is 19.2 Å². The number of carboxylic acids is 2. The molecule has 0 aliphatic heterocycles. The lowest BCUT2D eigenvalue weighted by atomic mass is 10.1. The second-order valence-electron chi connectivity index (χ2n) is 5.95. The summed E-state index contributed by atoms with van der Waals surface area (Å²) in [6.07, 6.45) is 1.50. The minimum absolute atomic E-state index is 0.0838. The summed E-state index contributed by atoms with van der Waals surface area (Å²) in [5, 5.41) is 22.4. The van der Waals surface area contributed by atoms with Crippen LogP contribution in [0.25, 0.3) is 0 Å². The Kier molecular flexibility index (Phi) is 8.55. The van der Waals surface area contributed by atoms with Crippen molar-refractivity contribution < 1.29 is 34.2 Å². The Morgan fingerprint density at radius 3 is 2.25 bits per heavy atom. The molecule has 1 heterocycles. The summed E-state index contributed by atoms with van der Waals surface area (Å²) >= 11 is 0. The van der Waals surface area contributed by atoms with Gasteiger partial charge in [0.25, 0.3) is 0 Å². The first-order valence-corrected chi connectivity index (χ1v) is 8.16. The molecule has 0 radical (unpaired) electrons. The van der Waals surface area contributed by atoms with Crippen molar-refractivity contribution in [1.82, 2.24) is 20.6 Å². The lowest BCUT2D eigenvalue weighted by Gasteiger charge is -2.22. The van der Waals surface area contributed by atoms with E-state index in [1.165, 1.54) is 12.5 Å². The van der Waals surface area contributed by atoms with Crippen LogP contribution in [0.1, 0.15) is 25.0 Å². The van der Waals surface area contributed by atoms with Crippen LogP contribution in [0.5, 0.6) is 0 Å². The standard InChI is InChI=1S/C15H22N6O7/c16-8(4-12(23)24)13(25)21-10(3-7-5-18-6-19-7)14(26)20-9(15(27)28)1-2-11(17)22/h5-6,8-10H,1-4,16H2,(H2,17,22)(H,18,19)(H,20,26)(H,21,25)(H,23,24)(H,27,28). The van der Waals surface area contributed by atoms with Gasteiger partial charge in [0.15, 0.2) is 0 Å². The van der Waals surface area contributed by atoms with Crippen molar-refractivity contribution in [1.29, 1.82) is 0 Å². The normalized spacial score (nSPS) is 13.8. The average molecular weight is 398 g/mol. The van der Waals surface area contributed by atoms with Gasteiger partial charge in [-0.2, -0.15) is 0 Å². The van der Waals surface area contributed by atoms with E-state index < -0.39 is 54.2 Å². The van der Waals surface area contributed by atoms with E-state index in [9.17, 15) is 29.1 Å². The summed E-state index contributed by atoms with van der Waals surface area (Å²) in [5.41, 5.74) is 10.9. The van der Waals surface area contributed by atoms with Gasteiger partial charge in [0.05, 0.1) is 18.8 Å². The SMILES string of the molecule is NC(=O)CCC(NC(=O)C(Cc1cnc[nH]1)NC(=O)C(N)CC(=O)O)C(=O)O. The van der Waals surface area contributed by atoms with Gasteiger partial charge in [0, 0.05) is 24.7 Å². The summed E-state index contributed by atoms with van der Waals surface area (Å²) in [4.78, 5) is 63.9. The number of aromatic nitrogens is 2. The number of nitrogens with two attached hydrogens (primary N) is 2. The van der Waals surface area contributed by atoms with Crippen molar-refractivity contribution >= 4 is 29.7 Å². The van der Waals surface area contributed by atoms with Crippen LogP contribution in [-0.2, 0) is 30.4 Å². The predicted octanol–water partition coefficient (Wildman–Crippen LogP) is -2.93. The molecule has 13 nitrogen and oxygen atoms in total. The number of carbonyl (C=O) groups excluding carboxylic acids is 3. The zero-order valence-electron chi connectivity index (χ0n) is 14.8. The molecule has 0 spiro atoms. The van der Waals surface area contributed by atoms with E-state index in [0.29, 0.717) is 5.69 Å². The number of hydrogen-bond acceptors (Lipinski definition) is 7. The molecule has 1 aromatic rings. The van der Waals surface area contributed by atoms with Gasteiger partial charge in [-0.15, -0.1) is 0 Å². The quantitative estimate of drug-likeness (QED) is 0.191. The third-order valence-electron chi connectivity index (χ3n) is 3.64. The predicted molar refractivity (Wildman–Crippen MR) is 92.4 cm³/mol. The highest BCUT2D eigenvalue weighted by Gasteiger charge is 2.29. The fraction of sp³-hybridized carbons (Fsp3) is 0.467. The summed E-state index contributed by atoms with van der Waals surface area (Å²) in [7, 11) is 0. The highest BCUT2D eigenvalue weighted by atomic mass is 16.4. The number of carboxylic acid groups (broad SMARTS) is 2. The molecule has 0 bridgehead atoms. The van der Waals surface area contributed by atoms with Gasteiger partial charge in [-0.05, 0) is 6.42 Å². The Bertz CT molecular complexity index is 720. The Morgan fingerprint density at radius 1 is 1.11 bits per heavy atom. The fourth-order valence-corrected chi connectivity index (χ4v) is 2.20. The number of hydrogen-bond donors (Lipinski definition) is 7. The molecule has 1 aromatic heterocycles. The summed E-state index contributed by atoms with van der Waals surface area (Å²) < 4.78 is 0. The van der Waals surface area contributed by atoms with Crippen molar-refractivity contribution in [2.75, 3.05) is 0 Å². The molecule has 3 amide bonds. The number of primary amides is 1. The smallest absolute Gasteiger partial charge is 0.326 e. The minimum atomic E-state index is -1.41. The zero-order valence-corrected chi connectivity index (χ0v) is 14.8. The molecular formula is C15H22N6O7. The topological polar surface area (TPSA) is 231 Å². The molecule has 13 heteroatoms. The third-order valence-corrected chi connectivity index (χ3v) is 3.64. The number of carbonyl (C=O) groups is 5. The molecule has 0 aliphatic rings. The van der Waals surface area contributed by atoms with Crippen molar-refractivity contribution in [2.24, 2.45) is 11.5 Å². The number of H-pyrrole nitrogens is 1. The molecule has 0 aliphatic carbocycles. The lowest BCUT2D eigenvalue weighted by molar-refractivity contribution is -0.143. The molecule has 28 heavy (non-hydrogen) atoms. The Morgan fingerprint density at radius 2 is 1.75 bits per heavy atom. The number of aromatic amines is 1. The van der Waals surface area contributed by atoms with Gasteiger partial charge < -0.3 is 37.3 Å². The fourth-order valence-electron chi connectivity index (χ4n) is 2.20. The van der Waals surface area contributed by atoms with Crippen LogP contribution < -0.4 is 22.1 Å². The highest BCUT2D eigenvalue weighted by Crippen LogP contribution is 2.03. The molecule has 0 saturated heterocycles. The monoisotopic (exact) mass is 398 g/mol. The largest absolute Gasteiger partial charge is 0.481 e. The molecule has 0 aromatic carbocycles. The maximum atomic E-state index is 12.5. The molecular weight excluding hydrogens is 376 g/mol. The van der Waals surface area contributed by atoms with E-state index in [1.54, 1.807) is 0 Å². The Balaban J connectivity index is 2.88. The van der Waals surface area contributed by atoms with Crippen molar-refractivity contribution in [2.45, 2.75) is 43.8 Å². The van der Waals surface area contributed by atoms with Crippen molar-refractivity contribution in [3.63, 3.8) is 0 Å². The maximum Gasteiger partial charge on any atom is 0.326 e. The first-order valence-electron chi connectivity index (χ1n) is 8.16. The van der Waals surface area contributed by atoms with E-state index in [0.717, 1.165) is 0 Å². The number of amides is 3. The number of nitrogens with one attached hydrogen (secondary N) is 3. The van der Waals surface area contributed by atoms with E-state index in [4.69, 9.17) is 16.6 Å². The third kappa shape index (κ3) is 7.82. The van der Waals surface area contributed by atoms with E-state index in [-0.39, 0.29) is 19.3 Å². The molecule has 0 fully saturated rings. The van der Waals surface area contributed by atoms with Crippen LogP contribution in [0.3, 0.4) is 0 Å². The van der Waals surface area contributed by atoms with Gasteiger partial charge >= 0.3 is 11.9 Å². The molecule has 1 rings (SSSR count). The van der Waals surface area contributed by atoms with Crippen LogP contribution in [0.15, 0.2) is 12.5 Å². The minimum Gasteiger partial charge on any atom is -0.481 e. The zero-order chi connectivity index (χ0) is 21.3. The molecule has 0 saturated carbocycles. The van der Waals surface area contributed by atoms with Gasteiger partial charge in [0.2, 0.25) is 17.7 Å². The lowest BCUT2D eigenvalue weighted by Crippen LogP contribution is -2.55. The summed E-state index contributed by atoms with van der Waals surface area (Å²) in [6.45, 7) is 0. The molecule has 9 N–H and O–H groups in total. The summed E-state index contributed by atoms with van der Waals surface area (Å²) in [5.74, 6) is -5.17. The van der Waals surface area contributed by atoms with Gasteiger partial charge in [0.1, 0.15) is 12.1 Å². The summed E-state index contributed by atoms with van der Waals surface area (Å²) in [6, 6.07) is -4.07. The van der Waals surface area contributed by atoms with E-state index in [2.05, 4.69) is 20.6 Å². The Labute approximate surface area is 158 Å². The second kappa shape index (κ2) is 10.6. The average Bonchev–Trinajstić information content (AvgIpc) is 3.09. The first-order chi connectivity index (χ1) is 13.1. The highest BCUT2D eigenvalue weighted by molar-refractivity contribution is 5.93. The Hall–Kier alpha value is -3.48. The van der Waals surface area contributed by atoms with Crippen LogP contribution in [0.2, 0.25) is 0 Å². The number of rotatable bonds is 12. The van der Waals surface area contributed by atoms with Crippen LogP contribution in [-0.4, -0.2) is 68.0 Å². The molecule has 154 valence electrons. The van der Waals surface area contributed by atoms with Gasteiger partial charge in [-0.1, -0.05) is 0 Å². The number of aliphatic carboxylic acids is 2. The van der Waals surface area contributed by atoms with Crippen molar-refractivity contribution in [3.05, 3.63) is 18.2 Å². The second-order valence-corrected chi connectivity index (χ2v) is 5.95. The molecule has 3 unspecified atom stereocenters. The van der Waals surface area contributed by atoms with Crippen LogP contribution >= 0.6 is 0 Å². The van der Waals surface area contributed by atoms with Gasteiger partial charge in [-0.25, -0.2) is 9.78 Å². The van der Waals surface area contributed by atoms with E-state index >= 15 is 0 Å². The van der Waals surface area contributed by atoms with Crippen LogP contribution in [0.4, 0.5) is 0 Å². The molecule has 3 atom stereocenters. The van der Waals surface area contributed by atoms with Crippen molar-refractivity contribution in [3.8, 4) is 0 Å². The first kappa shape index (κ1) is 22.6. The van der Waals surface area contributed by atoms with E-state index in [1.807, 2.05) is 0 Å². The number of nitrogens with zero attached hydrogens (tertiary/aromatic N) is 1. The van der Waals surface area contributed by atoms with Crippen LogP contribution in [0, 0.1) is 0 Å². The number of imidazole rings is 1. The maximum absolute atomic E-state index is 12.5.